The van der Waals surface area contributed by atoms with Crippen LogP contribution in [-0.4, -0.2) is 32.2 Å². The van der Waals surface area contributed by atoms with Gasteiger partial charge in [0.1, 0.15) is 18.1 Å². The first kappa shape index (κ1) is 13.9. The number of hydrogen-bond donors (Lipinski definition) is 0. The number of benzene rings is 1. The van der Waals surface area contributed by atoms with Crippen LogP contribution in [0.5, 0.6) is 11.5 Å². The Morgan fingerprint density at radius 2 is 1.95 bits per heavy atom. The molecule has 0 spiro atoms. The largest absolute Gasteiger partial charge is 0.494 e. The molecule has 4 heteroatoms. The molecule has 0 bridgehead atoms. The molecule has 0 amide bonds. The van der Waals surface area contributed by atoms with E-state index in [2.05, 4.69) is 6.92 Å². The molecule has 1 saturated heterocycles. The van der Waals surface area contributed by atoms with E-state index >= 15 is 0 Å². The summed E-state index contributed by atoms with van der Waals surface area (Å²) in [5.74, 6) is 1.64. The fourth-order valence-corrected chi connectivity index (χ4v) is 1.91. The monoisotopic (exact) mass is 264 g/mol. The van der Waals surface area contributed by atoms with Crippen LogP contribution in [0.2, 0.25) is 0 Å². The van der Waals surface area contributed by atoms with Crippen molar-refractivity contribution in [3.8, 4) is 11.5 Å². The summed E-state index contributed by atoms with van der Waals surface area (Å²) < 4.78 is 16.1. The molecule has 1 aromatic carbocycles. The van der Waals surface area contributed by atoms with Gasteiger partial charge in [0, 0.05) is 12.5 Å². The van der Waals surface area contributed by atoms with E-state index in [1.165, 1.54) is 0 Å². The van der Waals surface area contributed by atoms with Crippen LogP contribution in [0.3, 0.4) is 0 Å². The van der Waals surface area contributed by atoms with Gasteiger partial charge in [0.05, 0.1) is 13.2 Å². The highest BCUT2D eigenvalue weighted by Crippen LogP contribution is 2.19. The van der Waals surface area contributed by atoms with Gasteiger partial charge in [-0.3, -0.25) is 4.79 Å². The van der Waals surface area contributed by atoms with Gasteiger partial charge in [-0.1, -0.05) is 6.92 Å². The Morgan fingerprint density at radius 3 is 2.53 bits per heavy atom. The second kappa shape index (κ2) is 7.14. The average Bonchev–Trinajstić information content (AvgIpc) is 2.98. The van der Waals surface area contributed by atoms with Gasteiger partial charge >= 0.3 is 0 Å². The maximum atomic E-state index is 11.8. The third-order valence-corrected chi connectivity index (χ3v) is 3.06. The van der Waals surface area contributed by atoms with Crippen molar-refractivity contribution in [2.75, 3.05) is 26.4 Å². The quantitative estimate of drug-likeness (QED) is 0.759. The van der Waals surface area contributed by atoms with Gasteiger partial charge in [0.2, 0.25) is 0 Å². The van der Waals surface area contributed by atoms with Crippen molar-refractivity contribution in [2.24, 2.45) is 5.92 Å². The minimum Gasteiger partial charge on any atom is -0.494 e. The van der Waals surface area contributed by atoms with E-state index in [1.807, 2.05) is 24.3 Å². The first-order valence-corrected chi connectivity index (χ1v) is 6.75. The number of ketones is 1. The predicted molar refractivity (Wildman–Crippen MR) is 71.7 cm³/mol. The van der Waals surface area contributed by atoms with Crippen LogP contribution in [-0.2, 0) is 9.53 Å². The molecular formula is C15H20O4. The molecule has 0 saturated carbocycles. The van der Waals surface area contributed by atoms with E-state index in [9.17, 15) is 4.79 Å². The van der Waals surface area contributed by atoms with Crippen molar-refractivity contribution in [1.29, 1.82) is 0 Å². The van der Waals surface area contributed by atoms with Crippen LogP contribution in [0.15, 0.2) is 24.3 Å². The van der Waals surface area contributed by atoms with Crippen molar-refractivity contribution < 1.29 is 19.0 Å². The molecule has 4 nitrogen and oxygen atoms in total. The molecule has 0 aromatic heterocycles. The van der Waals surface area contributed by atoms with Crippen LogP contribution in [0.4, 0.5) is 0 Å². The Hall–Kier alpha value is -1.55. The molecule has 1 fully saturated rings. The maximum absolute atomic E-state index is 11.8. The summed E-state index contributed by atoms with van der Waals surface area (Å²) in [5.41, 5.74) is 0. The van der Waals surface area contributed by atoms with Gasteiger partial charge in [-0.25, -0.2) is 0 Å². The summed E-state index contributed by atoms with van der Waals surface area (Å²) in [7, 11) is 0. The minimum absolute atomic E-state index is 0.00663. The van der Waals surface area contributed by atoms with Crippen molar-refractivity contribution in [3.63, 3.8) is 0 Å². The highest BCUT2D eigenvalue weighted by molar-refractivity contribution is 5.82. The number of hydrogen-bond acceptors (Lipinski definition) is 4. The Bertz CT molecular complexity index is 393. The van der Waals surface area contributed by atoms with Gasteiger partial charge in [-0.2, -0.15) is 0 Å². The number of Topliss-reactive ketones (excluding diaryl/α,β-unsaturated/α-hetero) is 1. The molecule has 1 heterocycles. The van der Waals surface area contributed by atoms with Gasteiger partial charge in [-0.05, 0) is 37.1 Å². The van der Waals surface area contributed by atoms with Gasteiger partial charge in [0.15, 0.2) is 5.78 Å². The molecule has 2 rings (SSSR count). The Balaban J connectivity index is 1.77. The van der Waals surface area contributed by atoms with Crippen molar-refractivity contribution in [1.82, 2.24) is 0 Å². The third kappa shape index (κ3) is 4.24. The zero-order valence-corrected chi connectivity index (χ0v) is 11.3. The summed E-state index contributed by atoms with van der Waals surface area (Å²) in [6, 6.07) is 7.36. The second-order valence-electron chi connectivity index (χ2n) is 4.64. The first-order chi connectivity index (χ1) is 9.29. The van der Waals surface area contributed by atoms with Crippen molar-refractivity contribution in [2.45, 2.75) is 19.8 Å². The molecule has 0 aliphatic carbocycles. The second-order valence-corrected chi connectivity index (χ2v) is 4.64. The molecule has 104 valence electrons. The van der Waals surface area contributed by atoms with Crippen molar-refractivity contribution in [3.05, 3.63) is 24.3 Å². The third-order valence-electron chi connectivity index (χ3n) is 3.06. The molecule has 1 atom stereocenters. The number of rotatable bonds is 7. The smallest absolute Gasteiger partial charge is 0.175 e. The van der Waals surface area contributed by atoms with E-state index in [-0.39, 0.29) is 18.3 Å². The summed E-state index contributed by atoms with van der Waals surface area (Å²) in [5, 5.41) is 0. The van der Waals surface area contributed by atoms with Crippen LogP contribution in [0.1, 0.15) is 19.8 Å². The Labute approximate surface area is 113 Å². The lowest BCUT2D eigenvalue weighted by atomic mass is 10.0. The van der Waals surface area contributed by atoms with E-state index < -0.39 is 0 Å². The van der Waals surface area contributed by atoms with Gasteiger partial charge < -0.3 is 14.2 Å². The van der Waals surface area contributed by atoms with E-state index in [0.29, 0.717) is 25.6 Å². The maximum Gasteiger partial charge on any atom is 0.175 e. The molecule has 1 aromatic rings. The number of carbonyl (C=O) groups is 1. The zero-order chi connectivity index (χ0) is 13.5. The number of ether oxygens (including phenoxy) is 3. The Kier molecular flexibility index (Phi) is 5.21. The zero-order valence-electron chi connectivity index (χ0n) is 11.3. The highest BCUT2D eigenvalue weighted by Gasteiger charge is 2.23. The first-order valence-electron chi connectivity index (χ1n) is 6.75. The lowest BCUT2D eigenvalue weighted by Crippen LogP contribution is -2.21. The van der Waals surface area contributed by atoms with Crippen LogP contribution < -0.4 is 9.47 Å². The van der Waals surface area contributed by atoms with E-state index in [1.54, 1.807) is 0 Å². The minimum atomic E-state index is 0.00663. The summed E-state index contributed by atoms with van der Waals surface area (Å²) >= 11 is 0. The van der Waals surface area contributed by atoms with E-state index in [4.69, 9.17) is 14.2 Å². The van der Waals surface area contributed by atoms with E-state index in [0.717, 1.165) is 18.6 Å². The molecule has 0 radical (unpaired) electrons. The molecular weight excluding hydrogens is 244 g/mol. The fourth-order valence-electron chi connectivity index (χ4n) is 1.91. The average molecular weight is 264 g/mol. The SMILES string of the molecule is CCCOc1ccc(OCC(=O)C2CCOC2)cc1. The molecule has 1 aliphatic heterocycles. The molecule has 19 heavy (non-hydrogen) atoms. The van der Waals surface area contributed by atoms with Crippen LogP contribution in [0, 0.1) is 5.92 Å². The van der Waals surface area contributed by atoms with Crippen LogP contribution in [0.25, 0.3) is 0 Å². The topological polar surface area (TPSA) is 44.8 Å². The van der Waals surface area contributed by atoms with Crippen LogP contribution >= 0.6 is 0 Å². The van der Waals surface area contributed by atoms with Gasteiger partial charge in [0.25, 0.3) is 0 Å². The highest BCUT2D eigenvalue weighted by atomic mass is 16.5. The fraction of sp³-hybridized carbons (Fsp3) is 0.533. The lowest BCUT2D eigenvalue weighted by molar-refractivity contribution is -0.124. The predicted octanol–water partition coefficient (Wildman–Crippen LogP) is 2.46. The molecule has 0 N–H and O–H groups in total. The summed E-state index contributed by atoms with van der Waals surface area (Å²) in [6.45, 7) is 4.10. The Morgan fingerprint density at radius 1 is 1.26 bits per heavy atom. The number of carbonyl (C=O) groups excluding carboxylic acids is 1. The molecule has 1 unspecified atom stereocenters. The van der Waals surface area contributed by atoms with Gasteiger partial charge in [-0.15, -0.1) is 0 Å². The summed E-state index contributed by atoms with van der Waals surface area (Å²) in [6.07, 6.45) is 1.79. The molecule has 1 aliphatic rings. The normalized spacial score (nSPS) is 18.3. The summed E-state index contributed by atoms with van der Waals surface area (Å²) in [4.78, 5) is 11.8. The lowest BCUT2D eigenvalue weighted by Gasteiger charge is -2.09. The van der Waals surface area contributed by atoms with Crippen molar-refractivity contribution >= 4 is 5.78 Å². The standard InChI is InChI=1S/C15H20O4/c1-2-8-18-13-3-5-14(6-4-13)19-11-15(16)12-7-9-17-10-12/h3-6,12H,2,7-11H2,1H3.